The SMILES string of the molecule is C=C(C)C(=O)Oc1c(OCC)cc(CCC)c(OCC)c1OCC. The van der Waals surface area contributed by atoms with Gasteiger partial charge in [-0.25, -0.2) is 4.79 Å². The molecule has 0 aliphatic carbocycles. The van der Waals surface area contributed by atoms with Crippen molar-refractivity contribution < 1.29 is 23.7 Å². The van der Waals surface area contributed by atoms with Gasteiger partial charge < -0.3 is 18.9 Å². The van der Waals surface area contributed by atoms with Gasteiger partial charge in [0, 0.05) is 11.1 Å². The predicted molar refractivity (Wildman–Crippen MR) is 94.4 cm³/mol. The average Bonchev–Trinajstić information content (AvgIpc) is 2.54. The van der Waals surface area contributed by atoms with E-state index >= 15 is 0 Å². The molecule has 1 aromatic carbocycles. The molecule has 0 saturated carbocycles. The number of ether oxygens (including phenoxy) is 4. The van der Waals surface area contributed by atoms with Crippen LogP contribution in [0.3, 0.4) is 0 Å². The molecule has 0 radical (unpaired) electrons. The quantitative estimate of drug-likeness (QED) is 0.362. The van der Waals surface area contributed by atoms with Gasteiger partial charge in [-0.15, -0.1) is 0 Å². The second kappa shape index (κ2) is 9.85. The molecule has 0 aliphatic rings. The Morgan fingerprint density at radius 3 is 2.04 bits per heavy atom. The van der Waals surface area contributed by atoms with Crippen molar-refractivity contribution in [2.45, 2.75) is 47.5 Å². The number of hydrogen-bond donors (Lipinski definition) is 0. The van der Waals surface area contributed by atoms with Crippen LogP contribution in [0.4, 0.5) is 0 Å². The highest BCUT2D eigenvalue weighted by molar-refractivity contribution is 5.90. The molecule has 1 rings (SSSR count). The molecular weight excluding hydrogens is 308 g/mol. The lowest BCUT2D eigenvalue weighted by atomic mass is 10.1. The fourth-order valence-corrected chi connectivity index (χ4v) is 2.22. The molecule has 0 spiro atoms. The van der Waals surface area contributed by atoms with Crippen LogP contribution in [0.1, 0.15) is 46.6 Å². The Bertz CT molecular complexity index is 578. The van der Waals surface area contributed by atoms with Gasteiger partial charge in [0.15, 0.2) is 11.5 Å². The molecule has 1 aromatic rings. The van der Waals surface area contributed by atoms with E-state index in [1.165, 1.54) is 0 Å². The van der Waals surface area contributed by atoms with Gasteiger partial charge in [-0.3, -0.25) is 0 Å². The fourth-order valence-electron chi connectivity index (χ4n) is 2.22. The summed E-state index contributed by atoms with van der Waals surface area (Å²) >= 11 is 0. The van der Waals surface area contributed by atoms with Crippen molar-refractivity contribution >= 4 is 5.97 Å². The third kappa shape index (κ3) is 4.91. The maximum Gasteiger partial charge on any atom is 0.338 e. The summed E-state index contributed by atoms with van der Waals surface area (Å²) in [6.07, 6.45) is 1.76. The van der Waals surface area contributed by atoms with Crippen LogP contribution < -0.4 is 18.9 Å². The normalized spacial score (nSPS) is 10.2. The van der Waals surface area contributed by atoms with Gasteiger partial charge in [0.2, 0.25) is 11.5 Å². The van der Waals surface area contributed by atoms with E-state index in [0.29, 0.717) is 42.6 Å². The lowest BCUT2D eigenvalue weighted by molar-refractivity contribution is -0.130. The van der Waals surface area contributed by atoms with Crippen LogP contribution in [0, 0.1) is 0 Å². The zero-order valence-electron chi connectivity index (χ0n) is 15.4. The summed E-state index contributed by atoms with van der Waals surface area (Å²) in [4.78, 5) is 12.0. The first-order valence-corrected chi connectivity index (χ1v) is 8.45. The molecule has 0 atom stereocenters. The maximum absolute atomic E-state index is 12.0. The average molecular weight is 336 g/mol. The van der Waals surface area contributed by atoms with Gasteiger partial charge in [-0.2, -0.15) is 0 Å². The highest BCUT2D eigenvalue weighted by atomic mass is 16.6. The van der Waals surface area contributed by atoms with Crippen molar-refractivity contribution in [2.75, 3.05) is 19.8 Å². The smallest absolute Gasteiger partial charge is 0.338 e. The molecule has 0 N–H and O–H groups in total. The molecule has 0 aromatic heterocycles. The molecule has 24 heavy (non-hydrogen) atoms. The van der Waals surface area contributed by atoms with E-state index in [4.69, 9.17) is 18.9 Å². The van der Waals surface area contributed by atoms with Crippen LogP contribution in [0.5, 0.6) is 23.0 Å². The molecule has 0 heterocycles. The summed E-state index contributed by atoms with van der Waals surface area (Å²) in [5.41, 5.74) is 1.27. The highest BCUT2D eigenvalue weighted by Crippen LogP contribution is 2.48. The van der Waals surface area contributed by atoms with Crippen molar-refractivity contribution in [3.8, 4) is 23.0 Å². The molecule has 5 nitrogen and oxygen atoms in total. The van der Waals surface area contributed by atoms with E-state index in [1.54, 1.807) is 6.92 Å². The molecule has 0 fully saturated rings. The first-order chi connectivity index (χ1) is 11.5. The van der Waals surface area contributed by atoms with E-state index in [2.05, 4.69) is 13.5 Å². The van der Waals surface area contributed by atoms with Crippen molar-refractivity contribution in [1.29, 1.82) is 0 Å². The third-order valence-corrected chi connectivity index (χ3v) is 3.17. The van der Waals surface area contributed by atoms with Crippen LogP contribution >= 0.6 is 0 Å². The zero-order valence-corrected chi connectivity index (χ0v) is 15.4. The predicted octanol–water partition coefficient (Wildman–Crippen LogP) is 4.32. The van der Waals surface area contributed by atoms with Gasteiger partial charge in [-0.1, -0.05) is 19.9 Å². The van der Waals surface area contributed by atoms with Gasteiger partial charge >= 0.3 is 5.97 Å². The Morgan fingerprint density at radius 1 is 0.958 bits per heavy atom. The lowest BCUT2D eigenvalue weighted by Crippen LogP contribution is -2.13. The Hall–Kier alpha value is -2.17. The Balaban J connectivity index is 3.55. The third-order valence-electron chi connectivity index (χ3n) is 3.17. The lowest BCUT2D eigenvalue weighted by Gasteiger charge is -2.21. The monoisotopic (exact) mass is 336 g/mol. The Labute approximate surface area is 144 Å². The van der Waals surface area contributed by atoms with Crippen LogP contribution in [-0.2, 0) is 11.2 Å². The number of rotatable bonds is 10. The molecule has 0 amide bonds. The van der Waals surface area contributed by atoms with Crippen LogP contribution in [0.2, 0.25) is 0 Å². The largest absolute Gasteiger partial charge is 0.490 e. The van der Waals surface area contributed by atoms with Crippen molar-refractivity contribution in [1.82, 2.24) is 0 Å². The summed E-state index contributed by atoms with van der Waals surface area (Å²) in [5.74, 6) is 1.21. The number of carbonyl (C=O) groups excluding carboxylic acids is 1. The van der Waals surface area contributed by atoms with E-state index in [-0.39, 0.29) is 5.75 Å². The molecular formula is C19H28O5. The topological polar surface area (TPSA) is 54.0 Å². The number of hydrogen-bond acceptors (Lipinski definition) is 5. The van der Waals surface area contributed by atoms with E-state index in [1.807, 2.05) is 26.8 Å². The molecule has 134 valence electrons. The van der Waals surface area contributed by atoms with Gasteiger partial charge in [0.1, 0.15) is 0 Å². The van der Waals surface area contributed by atoms with Crippen molar-refractivity contribution in [3.05, 3.63) is 23.8 Å². The maximum atomic E-state index is 12.0. The minimum atomic E-state index is -0.525. The van der Waals surface area contributed by atoms with Crippen LogP contribution in [-0.4, -0.2) is 25.8 Å². The van der Waals surface area contributed by atoms with E-state index in [0.717, 1.165) is 18.4 Å². The van der Waals surface area contributed by atoms with Crippen LogP contribution in [0.25, 0.3) is 0 Å². The fraction of sp³-hybridized carbons (Fsp3) is 0.526. The van der Waals surface area contributed by atoms with Crippen molar-refractivity contribution in [3.63, 3.8) is 0 Å². The van der Waals surface area contributed by atoms with Crippen LogP contribution in [0.15, 0.2) is 18.2 Å². The zero-order chi connectivity index (χ0) is 18.1. The Kier molecular flexibility index (Phi) is 8.16. The summed E-state index contributed by atoms with van der Waals surface area (Å²) < 4.78 is 22.7. The first-order valence-electron chi connectivity index (χ1n) is 8.45. The summed E-state index contributed by atoms with van der Waals surface area (Å²) in [6.45, 7) is 14.3. The van der Waals surface area contributed by atoms with E-state index in [9.17, 15) is 4.79 Å². The Morgan fingerprint density at radius 2 is 1.54 bits per heavy atom. The van der Waals surface area contributed by atoms with Gasteiger partial charge in [0.05, 0.1) is 19.8 Å². The molecule has 5 heteroatoms. The molecule has 0 aliphatic heterocycles. The highest BCUT2D eigenvalue weighted by Gasteiger charge is 2.25. The molecule has 0 unspecified atom stereocenters. The standard InChI is InChI=1S/C19H28O5/c1-7-11-14-12-15(21-8-2)17(24-19(20)13(5)6)18(23-10-4)16(14)22-9-3/h12H,5,7-11H2,1-4,6H3. The first kappa shape index (κ1) is 19.9. The second-order valence-electron chi connectivity index (χ2n) is 5.24. The second-order valence-corrected chi connectivity index (χ2v) is 5.24. The molecule has 0 saturated heterocycles. The summed E-state index contributed by atoms with van der Waals surface area (Å²) in [7, 11) is 0. The number of carbonyl (C=O) groups is 1. The summed E-state index contributed by atoms with van der Waals surface area (Å²) in [6, 6.07) is 1.86. The number of esters is 1. The number of benzene rings is 1. The minimum Gasteiger partial charge on any atom is -0.490 e. The number of aryl methyl sites for hydroxylation is 1. The van der Waals surface area contributed by atoms with Crippen molar-refractivity contribution in [2.24, 2.45) is 0 Å². The molecule has 0 bridgehead atoms. The summed E-state index contributed by atoms with van der Waals surface area (Å²) in [5, 5.41) is 0. The van der Waals surface area contributed by atoms with Gasteiger partial charge in [0.25, 0.3) is 0 Å². The van der Waals surface area contributed by atoms with E-state index < -0.39 is 5.97 Å². The minimum absolute atomic E-state index is 0.245. The van der Waals surface area contributed by atoms with Gasteiger partial charge in [-0.05, 0) is 40.2 Å².